The van der Waals surface area contributed by atoms with E-state index in [0.29, 0.717) is 30.4 Å². The number of sulfone groups is 1. The lowest BCUT2D eigenvalue weighted by Crippen LogP contribution is -2.43. The Morgan fingerprint density at radius 2 is 1.81 bits per heavy atom. The zero-order chi connectivity index (χ0) is 22.6. The van der Waals surface area contributed by atoms with Crippen LogP contribution in [0.1, 0.15) is 36.0 Å². The topological polar surface area (TPSA) is 89.5 Å². The molecule has 0 aromatic heterocycles. The first-order chi connectivity index (χ1) is 14.7. The molecule has 162 valence electrons. The van der Waals surface area contributed by atoms with E-state index in [1.165, 1.54) is 31.4 Å². The Kier molecular flexibility index (Phi) is 6.77. The predicted octanol–water partition coefficient (Wildman–Crippen LogP) is 3.99. The number of thioether (sulfide) groups is 1. The molecule has 1 unspecified atom stereocenters. The summed E-state index contributed by atoms with van der Waals surface area (Å²) >= 11 is 0.525. The molecular formula is C23H23NO5S2. The molecule has 1 saturated heterocycles. The van der Waals surface area contributed by atoms with E-state index in [4.69, 9.17) is 4.74 Å². The molecular weight excluding hydrogens is 434 g/mol. The minimum atomic E-state index is -4.13. The van der Waals surface area contributed by atoms with Gasteiger partial charge in [-0.2, -0.15) is 0 Å². The number of carbonyl (C=O) groups is 2. The fourth-order valence-electron chi connectivity index (χ4n) is 3.27. The molecule has 3 rings (SSSR count). The summed E-state index contributed by atoms with van der Waals surface area (Å²) < 4.78 is 29.9. The average molecular weight is 458 g/mol. The number of unbranched alkanes of at least 4 members (excludes halogenated alkanes) is 1. The molecule has 0 aliphatic carbocycles. The molecule has 6 nitrogen and oxygen atoms in total. The number of carbonyl (C=O) groups excluding carboxylic acids is 2. The Balaban J connectivity index is 1.82. The van der Waals surface area contributed by atoms with E-state index in [-0.39, 0.29) is 11.3 Å². The number of nitrogens with one attached hydrogen (secondary N) is 1. The average Bonchev–Trinajstić information content (AvgIpc) is 3.04. The highest BCUT2D eigenvalue weighted by Gasteiger charge is 2.57. The quantitative estimate of drug-likeness (QED) is 0.521. The standard InChI is InChI=1S/C23H23NO5S2/c1-16-8-9-17(2)18(15-16)7-5-4-6-14-23(21(25)24-22(26)30-23)31(27,28)20-12-10-19(29-3)11-13-20/h8-13,15H,4,6,14H2,1-3H3,(H,24,25,26). The first-order valence-corrected chi connectivity index (χ1v) is 12.0. The summed E-state index contributed by atoms with van der Waals surface area (Å²) in [6.45, 7) is 3.97. The second kappa shape index (κ2) is 9.16. The van der Waals surface area contributed by atoms with Gasteiger partial charge >= 0.3 is 0 Å². The van der Waals surface area contributed by atoms with Gasteiger partial charge in [0.15, 0.2) is 0 Å². The zero-order valence-corrected chi connectivity index (χ0v) is 19.2. The summed E-state index contributed by atoms with van der Waals surface area (Å²) in [4.78, 5) is 24.5. The highest BCUT2D eigenvalue weighted by Crippen LogP contribution is 2.44. The van der Waals surface area contributed by atoms with Gasteiger partial charge in [-0.15, -0.1) is 0 Å². The molecule has 0 spiro atoms. The Morgan fingerprint density at radius 3 is 2.42 bits per heavy atom. The molecule has 1 aliphatic heterocycles. The van der Waals surface area contributed by atoms with Gasteiger partial charge in [0, 0.05) is 12.0 Å². The summed E-state index contributed by atoms with van der Waals surface area (Å²) in [7, 11) is -2.66. The highest BCUT2D eigenvalue weighted by atomic mass is 32.3. The number of rotatable bonds is 6. The lowest BCUT2D eigenvalue weighted by molar-refractivity contribution is -0.120. The van der Waals surface area contributed by atoms with E-state index in [9.17, 15) is 18.0 Å². The first-order valence-electron chi connectivity index (χ1n) is 9.69. The third-order valence-electron chi connectivity index (χ3n) is 5.05. The number of ether oxygens (including phenoxy) is 1. The van der Waals surface area contributed by atoms with Crippen LogP contribution in [-0.2, 0) is 14.6 Å². The Bertz CT molecular complexity index is 1180. The molecule has 2 aromatic carbocycles. The van der Waals surface area contributed by atoms with Crippen molar-refractivity contribution >= 4 is 32.7 Å². The van der Waals surface area contributed by atoms with Crippen molar-refractivity contribution in [1.29, 1.82) is 0 Å². The maximum Gasteiger partial charge on any atom is 0.287 e. The van der Waals surface area contributed by atoms with Crippen LogP contribution in [0.25, 0.3) is 0 Å². The van der Waals surface area contributed by atoms with Crippen LogP contribution in [-0.4, -0.2) is 30.8 Å². The number of aryl methyl sites for hydroxylation is 2. The van der Waals surface area contributed by atoms with Gasteiger partial charge in [-0.1, -0.05) is 24.0 Å². The summed E-state index contributed by atoms with van der Waals surface area (Å²) in [5.41, 5.74) is 3.09. The molecule has 0 bridgehead atoms. The molecule has 1 atom stereocenters. The third kappa shape index (κ3) is 4.63. The van der Waals surface area contributed by atoms with Gasteiger partial charge in [-0.25, -0.2) is 8.42 Å². The van der Waals surface area contributed by atoms with Crippen molar-refractivity contribution in [2.24, 2.45) is 0 Å². The van der Waals surface area contributed by atoms with E-state index in [1.807, 2.05) is 32.0 Å². The zero-order valence-electron chi connectivity index (χ0n) is 17.5. The van der Waals surface area contributed by atoms with Gasteiger partial charge in [0.1, 0.15) is 5.75 Å². The molecule has 2 aromatic rings. The molecule has 1 fully saturated rings. The van der Waals surface area contributed by atoms with Crippen molar-refractivity contribution in [2.45, 2.75) is 42.1 Å². The van der Waals surface area contributed by atoms with Crippen LogP contribution in [0.2, 0.25) is 0 Å². The maximum atomic E-state index is 13.4. The van der Waals surface area contributed by atoms with Gasteiger partial charge in [-0.05, 0) is 79.9 Å². The molecule has 0 saturated carbocycles. The van der Waals surface area contributed by atoms with Crippen LogP contribution in [0.15, 0.2) is 47.4 Å². The second-order valence-corrected chi connectivity index (χ2v) is 11.0. The monoisotopic (exact) mass is 457 g/mol. The summed E-state index contributed by atoms with van der Waals surface area (Å²) in [5.74, 6) is 5.85. The van der Waals surface area contributed by atoms with Crippen molar-refractivity contribution in [2.75, 3.05) is 7.11 Å². The van der Waals surface area contributed by atoms with Crippen LogP contribution in [0.3, 0.4) is 0 Å². The van der Waals surface area contributed by atoms with Crippen molar-refractivity contribution in [3.05, 3.63) is 59.2 Å². The molecule has 1 N–H and O–H groups in total. The van der Waals surface area contributed by atoms with Gasteiger partial charge in [0.05, 0.1) is 12.0 Å². The van der Waals surface area contributed by atoms with Crippen molar-refractivity contribution in [3.8, 4) is 17.6 Å². The smallest absolute Gasteiger partial charge is 0.287 e. The van der Waals surface area contributed by atoms with Crippen molar-refractivity contribution < 1.29 is 22.7 Å². The van der Waals surface area contributed by atoms with Crippen LogP contribution < -0.4 is 10.1 Å². The maximum absolute atomic E-state index is 13.4. The normalized spacial score (nSPS) is 18.3. The second-order valence-electron chi connectivity index (χ2n) is 7.25. The predicted molar refractivity (Wildman–Crippen MR) is 121 cm³/mol. The Labute approximate surface area is 186 Å². The number of methoxy groups -OCH3 is 1. The van der Waals surface area contributed by atoms with Crippen LogP contribution in [0.4, 0.5) is 4.79 Å². The number of benzene rings is 2. The van der Waals surface area contributed by atoms with E-state index >= 15 is 0 Å². The van der Waals surface area contributed by atoms with E-state index in [2.05, 4.69) is 17.2 Å². The lowest BCUT2D eigenvalue weighted by Gasteiger charge is -2.24. The molecule has 1 heterocycles. The van der Waals surface area contributed by atoms with Gasteiger partial charge in [0.25, 0.3) is 11.1 Å². The fourth-order valence-corrected chi connectivity index (χ4v) is 6.64. The van der Waals surface area contributed by atoms with Gasteiger partial charge in [0.2, 0.25) is 13.9 Å². The number of imide groups is 1. The van der Waals surface area contributed by atoms with Crippen LogP contribution >= 0.6 is 11.8 Å². The number of amides is 2. The Morgan fingerprint density at radius 1 is 1.10 bits per heavy atom. The first kappa shape index (κ1) is 22.9. The van der Waals surface area contributed by atoms with Crippen molar-refractivity contribution in [1.82, 2.24) is 5.32 Å². The van der Waals surface area contributed by atoms with E-state index in [1.54, 1.807) is 0 Å². The number of hydrogen-bond acceptors (Lipinski definition) is 6. The summed E-state index contributed by atoms with van der Waals surface area (Å²) in [5, 5.41) is 1.47. The van der Waals surface area contributed by atoms with Gasteiger partial charge < -0.3 is 4.74 Å². The van der Waals surface area contributed by atoms with E-state index < -0.39 is 25.1 Å². The lowest BCUT2D eigenvalue weighted by atomic mass is 10.1. The third-order valence-corrected chi connectivity index (χ3v) is 9.11. The molecule has 1 aliphatic rings. The Hall–Kier alpha value is -2.76. The number of hydrogen-bond donors (Lipinski definition) is 1. The fraction of sp³-hybridized carbons (Fsp3) is 0.304. The minimum absolute atomic E-state index is 0.0227. The molecule has 8 heteroatoms. The van der Waals surface area contributed by atoms with Crippen LogP contribution in [0, 0.1) is 25.7 Å². The molecule has 31 heavy (non-hydrogen) atoms. The SMILES string of the molecule is COc1ccc(S(=O)(=O)C2(CCCC#Cc3cc(C)ccc3C)SC(=O)NC2=O)cc1. The summed E-state index contributed by atoms with van der Waals surface area (Å²) in [6.07, 6.45) is 0.724. The van der Waals surface area contributed by atoms with Crippen LogP contribution in [0.5, 0.6) is 5.75 Å². The summed E-state index contributed by atoms with van der Waals surface area (Å²) in [6, 6.07) is 11.8. The highest BCUT2D eigenvalue weighted by molar-refractivity contribution is 8.25. The van der Waals surface area contributed by atoms with Crippen molar-refractivity contribution in [3.63, 3.8) is 0 Å². The molecule has 2 amide bonds. The molecule has 0 radical (unpaired) electrons. The van der Waals surface area contributed by atoms with E-state index in [0.717, 1.165) is 16.7 Å². The minimum Gasteiger partial charge on any atom is -0.497 e. The largest absolute Gasteiger partial charge is 0.497 e. The van der Waals surface area contributed by atoms with Gasteiger partial charge in [-0.3, -0.25) is 14.9 Å².